The van der Waals surface area contributed by atoms with Crippen LogP contribution in [-0.4, -0.2) is 17.0 Å². The van der Waals surface area contributed by atoms with Gasteiger partial charge in [-0.05, 0) is 18.2 Å². The molecule has 19 heavy (non-hydrogen) atoms. The summed E-state index contributed by atoms with van der Waals surface area (Å²) in [6.45, 7) is 0. The molecule has 0 aliphatic carbocycles. The Kier molecular flexibility index (Phi) is 3.67. The van der Waals surface area contributed by atoms with Crippen LogP contribution in [0.3, 0.4) is 0 Å². The van der Waals surface area contributed by atoms with E-state index in [0.29, 0.717) is 16.1 Å². The molecule has 0 saturated carbocycles. The minimum atomic E-state index is -0.565. The predicted octanol–water partition coefficient (Wildman–Crippen LogP) is 2.51. The first-order valence-corrected chi connectivity index (χ1v) is 6.06. The van der Waals surface area contributed by atoms with Gasteiger partial charge < -0.3 is 5.73 Å². The van der Waals surface area contributed by atoms with Crippen LogP contribution < -0.4 is 5.73 Å². The number of rotatable bonds is 4. The number of nitrogens with two attached hydrogens (primary N) is 1. The molecule has 2 aromatic rings. The molecule has 0 fully saturated rings. The summed E-state index contributed by atoms with van der Waals surface area (Å²) in [5.74, 6) is -0.565. The molecular formula is C12H9N3O3S. The fourth-order valence-corrected chi connectivity index (χ4v) is 2.13. The number of hydrogen-bond donors (Lipinski definition) is 1. The van der Waals surface area contributed by atoms with Crippen LogP contribution in [0, 0.1) is 10.1 Å². The summed E-state index contributed by atoms with van der Waals surface area (Å²) in [4.78, 5) is 26.0. The largest absolute Gasteiger partial charge is 0.366 e. The van der Waals surface area contributed by atoms with Gasteiger partial charge in [-0.2, -0.15) is 0 Å². The fraction of sp³-hybridized carbons (Fsp3) is 0. The zero-order valence-electron chi connectivity index (χ0n) is 9.65. The summed E-state index contributed by atoms with van der Waals surface area (Å²) in [5, 5.41) is 10.6. The molecular weight excluding hydrogens is 266 g/mol. The van der Waals surface area contributed by atoms with Crippen molar-refractivity contribution in [1.82, 2.24) is 0 Å². The number of nitro groups is 1. The molecule has 0 spiro atoms. The van der Waals surface area contributed by atoms with Crippen LogP contribution in [0.15, 0.2) is 41.4 Å². The molecule has 0 unspecified atom stereocenters. The van der Waals surface area contributed by atoms with Crippen molar-refractivity contribution >= 4 is 34.1 Å². The molecule has 0 atom stereocenters. The Hall–Kier alpha value is -2.54. The van der Waals surface area contributed by atoms with E-state index in [9.17, 15) is 14.9 Å². The van der Waals surface area contributed by atoms with E-state index in [2.05, 4.69) is 4.99 Å². The lowest BCUT2D eigenvalue weighted by Crippen LogP contribution is -2.10. The smallest absolute Gasteiger partial charge is 0.324 e. The molecule has 1 aromatic carbocycles. The maximum Gasteiger partial charge on any atom is 0.324 e. The van der Waals surface area contributed by atoms with Gasteiger partial charge in [0.1, 0.15) is 0 Å². The lowest BCUT2D eigenvalue weighted by atomic mass is 10.2. The average molecular weight is 275 g/mol. The highest BCUT2D eigenvalue weighted by Gasteiger charge is 2.09. The Morgan fingerprint density at radius 1 is 1.32 bits per heavy atom. The van der Waals surface area contributed by atoms with Gasteiger partial charge in [-0.25, -0.2) is 0 Å². The van der Waals surface area contributed by atoms with Gasteiger partial charge in [-0.3, -0.25) is 19.9 Å². The zero-order chi connectivity index (χ0) is 13.8. The van der Waals surface area contributed by atoms with E-state index < -0.39 is 10.8 Å². The Labute approximate surface area is 112 Å². The monoisotopic (exact) mass is 275 g/mol. The lowest BCUT2D eigenvalue weighted by Gasteiger charge is -1.99. The van der Waals surface area contributed by atoms with Gasteiger partial charge >= 0.3 is 5.00 Å². The summed E-state index contributed by atoms with van der Waals surface area (Å²) >= 11 is 1.01. The number of thiophene rings is 1. The molecule has 0 bridgehead atoms. The van der Waals surface area contributed by atoms with Gasteiger partial charge in [-0.1, -0.05) is 23.5 Å². The fourth-order valence-electron chi connectivity index (χ4n) is 1.44. The van der Waals surface area contributed by atoms with Crippen molar-refractivity contribution in [3.63, 3.8) is 0 Å². The standard InChI is InChI=1S/C12H9N3O3S/c13-12(16)9-3-1-2-4-10(9)14-7-8-5-6-11(19-8)15(17)18/h1-7H,(H2,13,16). The molecule has 6 nitrogen and oxygen atoms in total. The normalized spacial score (nSPS) is 10.7. The van der Waals surface area contributed by atoms with Crippen LogP contribution in [0.5, 0.6) is 0 Å². The van der Waals surface area contributed by atoms with Crippen molar-refractivity contribution < 1.29 is 9.72 Å². The first-order chi connectivity index (χ1) is 9.08. The van der Waals surface area contributed by atoms with Crippen molar-refractivity contribution in [1.29, 1.82) is 0 Å². The van der Waals surface area contributed by atoms with E-state index in [1.807, 2.05) is 0 Å². The SMILES string of the molecule is NC(=O)c1ccccc1N=Cc1ccc([N+](=O)[O-])s1. The first-order valence-electron chi connectivity index (χ1n) is 5.25. The van der Waals surface area contributed by atoms with Crippen molar-refractivity contribution in [2.75, 3.05) is 0 Å². The number of para-hydroxylation sites is 1. The summed E-state index contributed by atoms with van der Waals surface area (Å²) in [6.07, 6.45) is 1.47. The first kappa shape index (κ1) is 12.9. The second-order valence-electron chi connectivity index (χ2n) is 3.57. The van der Waals surface area contributed by atoms with Crippen LogP contribution >= 0.6 is 11.3 Å². The summed E-state index contributed by atoms with van der Waals surface area (Å²) in [6, 6.07) is 9.65. The molecule has 0 aliphatic heterocycles. The highest BCUT2D eigenvalue weighted by Crippen LogP contribution is 2.24. The summed E-state index contributed by atoms with van der Waals surface area (Å²) in [7, 11) is 0. The number of amides is 1. The molecule has 7 heteroatoms. The molecule has 1 heterocycles. The Morgan fingerprint density at radius 2 is 2.05 bits per heavy atom. The summed E-state index contributed by atoms with van der Waals surface area (Å²) < 4.78 is 0. The van der Waals surface area contributed by atoms with Gasteiger partial charge in [0, 0.05) is 12.3 Å². The van der Waals surface area contributed by atoms with Gasteiger partial charge in [0.05, 0.1) is 21.1 Å². The minimum Gasteiger partial charge on any atom is -0.366 e. The number of hydrogen-bond acceptors (Lipinski definition) is 5. The van der Waals surface area contributed by atoms with Gasteiger partial charge in [0.2, 0.25) is 0 Å². The van der Waals surface area contributed by atoms with Crippen LogP contribution in [0.1, 0.15) is 15.2 Å². The molecule has 0 radical (unpaired) electrons. The second kappa shape index (κ2) is 5.40. The van der Waals surface area contributed by atoms with E-state index in [-0.39, 0.29) is 5.00 Å². The van der Waals surface area contributed by atoms with Crippen LogP contribution in [-0.2, 0) is 0 Å². The predicted molar refractivity (Wildman–Crippen MR) is 73.2 cm³/mol. The molecule has 96 valence electrons. The number of aliphatic imine (C=N–C) groups is 1. The van der Waals surface area contributed by atoms with E-state index in [0.717, 1.165) is 11.3 Å². The number of carbonyl (C=O) groups is 1. The third kappa shape index (κ3) is 3.02. The van der Waals surface area contributed by atoms with E-state index in [4.69, 9.17) is 5.73 Å². The third-order valence-corrected chi connectivity index (χ3v) is 3.26. The van der Waals surface area contributed by atoms with Gasteiger partial charge in [0.25, 0.3) is 5.91 Å². The van der Waals surface area contributed by atoms with Crippen LogP contribution in [0.2, 0.25) is 0 Å². The number of carbonyl (C=O) groups excluding carboxylic acids is 1. The quantitative estimate of drug-likeness (QED) is 0.527. The molecule has 1 amide bonds. The van der Waals surface area contributed by atoms with E-state index in [1.54, 1.807) is 30.3 Å². The van der Waals surface area contributed by atoms with Crippen LogP contribution in [0.4, 0.5) is 10.7 Å². The second-order valence-corrected chi connectivity index (χ2v) is 4.67. The van der Waals surface area contributed by atoms with Crippen molar-refractivity contribution in [3.05, 3.63) is 57.0 Å². The molecule has 1 aromatic heterocycles. The number of primary amides is 1. The summed E-state index contributed by atoms with van der Waals surface area (Å²) in [5.41, 5.74) is 5.97. The van der Waals surface area contributed by atoms with Gasteiger partial charge in [-0.15, -0.1) is 0 Å². The van der Waals surface area contributed by atoms with Crippen molar-refractivity contribution in [3.8, 4) is 0 Å². The van der Waals surface area contributed by atoms with Gasteiger partial charge in [0.15, 0.2) is 0 Å². The Morgan fingerprint density at radius 3 is 2.68 bits per heavy atom. The maximum absolute atomic E-state index is 11.2. The van der Waals surface area contributed by atoms with E-state index >= 15 is 0 Å². The number of nitrogens with zero attached hydrogens (tertiary/aromatic N) is 2. The molecule has 0 aliphatic rings. The van der Waals surface area contributed by atoms with Crippen LogP contribution in [0.25, 0.3) is 0 Å². The Balaban J connectivity index is 2.27. The molecule has 0 saturated heterocycles. The van der Waals surface area contributed by atoms with Crippen molar-refractivity contribution in [2.45, 2.75) is 0 Å². The molecule has 2 N–H and O–H groups in total. The topological polar surface area (TPSA) is 98.6 Å². The lowest BCUT2D eigenvalue weighted by molar-refractivity contribution is -0.380. The van der Waals surface area contributed by atoms with Crippen molar-refractivity contribution in [2.24, 2.45) is 10.7 Å². The average Bonchev–Trinajstić information content (AvgIpc) is 2.85. The minimum absolute atomic E-state index is 0.0460. The highest BCUT2D eigenvalue weighted by atomic mass is 32.1. The maximum atomic E-state index is 11.2. The highest BCUT2D eigenvalue weighted by molar-refractivity contribution is 7.16. The van der Waals surface area contributed by atoms with E-state index in [1.165, 1.54) is 12.3 Å². The number of benzene rings is 1. The third-order valence-electron chi connectivity index (χ3n) is 2.29. The zero-order valence-corrected chi connectivity index (χ0v) is 10.5. The Bertz CT molecular complexity index is 664. The molecule has 2 rings (SSSR count).